The summed E-state index contributed by atoms with van der Waals surface area (Å²) in [4.78, 5) is 28.3. The summed E-state index contributed by atoms with van der Waals surface area (Å²) in [6.45, 7) is 3.78. The van der Waals surface area contributed by atoms with Gasteiger partial charge in [0.1, 0.15) is 11.3 Å². The van der Waals surface area contributed by atoms with Crippen LogP contribution in [-0.4, -0.2) is 21.7 Å². The molecule has 1 N–H and O–H groups in total. The first-order valence-electron chi connectivity index (χ1n) is 6.86. The zero-order valence-corrected chi connectivity index (χ0v) is 12.7. The van der Waals surface area contributed by atoms with Gasteiger partial charge in [-0.1, -0.05) is 0 Å². The smallest absolute Gasteiger partial charge is 0.170 e. The van der Waals surface area contributed by atoms with Gasteiger partial charge in [-0.15, -0.1) is 11.3 Å². The Labute approximate surface area is 126 Å². The standard InChI is InChI=1S/C16H15NO3S/c1-8-10(6-7-13-15(8)17-9(2)21-13)16(20)14-11(18)4-3-5-12(14)19/h6-7,20H,3-5H2,1-2H3. The minimum absolute atomic E-state index is 0.0457. The van der Waals surface area contributed by atoms with Crippen LogP contribution in [0.15, 0.2) is 17.7 Å². The van der Waals surface area contributed by atoms with E-state index in [1.807, 2.05) is 19.9 Å². The van der Waals surface area contributed by atoms with Crippen LogP contribution >= 0.6 is 11.3 Å². The van der Waals surface area contributed by atoms with Crippen LogP contribution in [0.3, 0.4) is 0 Å². The van der Waals surface area contributed by atoms with Crippen molar-refractivity contribution in [2.24, 2.45) is 0 Å². The van der Waals surface area contributed by atoms with Gasteiger partial charge in [-0.25, -0.2) is 4.98 Å². The fraction of sp³-hybridized carbons (Fsp3) is 0.312. The lowest BCUT2D eigenvalue weighted by Crippen LogP contribution is -2.20. The highest BCUT2D eigenvalue weighted by Gasteiger charge is 2.28. The molecule has 0 spiro atoms. The molecule has 1 aliphatic carbocycles. The average molecular weight is 301 g/mol. The van der Waals surface area contributed by atoms with Crippen molar-refractivity contribution in [3.8, 4) is 0 Å². The number of allylic oxidation sites excluding steroid dienone is 1. The van der Waals surface area contributed by atoms with E-state index in [9.17, 15) is 14.7 Å². The van der Waals surface area contributed by atoms with E-state index in [2.05, 4.69) is 4.98 Å². The third-order valence-corrected chi connectivity index (χ3v) is 4.71. The number of hydrogen-bond donors (Lipinski definition) is 1. The van der Waals surface area contributed by atoms with Crippen LogP contribution in [0.4, 0.5) is 0 Å². The maximum atomic E-state index is 11.9. The van der Waals surface area contributed by atoms with E-state index in [-0.39, 0.29) is 22.9 Å². The van der Waals surface area contributed by atoms with Crippen LogP contribution in [0, 0.1) is 13.8 Å². The first kappa shape index (κ1) is 13.9. The van der Waals surface area contributed by atoms with Gasteiger partial charge in [0.15, 0.2) is 11.6 Å². The number of carbonyl (C=O) groups is 2. The number of aliphatic hydroxyl groups excluding tert-OH is 1. The molecule has 0 aliphatic heterocycles. The molecule has 5 heteroatoms. The summed E-state index contributed by atoms with van der Waals surface area (Å²) in [7, 11) is 0. The van der Waals surface area contributed by atoms with Gasteiger partial charge in [0, 0.05) is 18.4 Å². The molecule has 0 atom stereocenters. The van der Waals surface area contributed by atoms with Gasteiger partial charge < -0.3 is 5.11 Å². The Bertz CT molecular complexity index is 783. The minimum Gasteiger partial charge on any atom is -0.506 e. The van der Waals surface area contributed by atoms with Crippen molar-refractivity contribution < 1.29 is 14.7 Å². The molecule has 1 heterocycles. The Morgan fingerprint density at radius 2 is 1.86 bits per heavy atom. The number of hydrogen-bond acceptors (Lipinski definition) is 5. The van der Waals surface area contributed by atoms with Crippen molar-refractivity contribution in [2.75, 3.05) is 0 Å². The molecular weight excluding hydrogens is 286 g/mol. The largest absolute Gasteiger partial charge is 0.506 e. The number of aromatic nitrogens is 1. The van der Waals surface area contributed by atoms with E-state index in [0.29, 0.717) is 24.8 Å². The van der Waals surface area contributed by atoms with Crippen molar-refractivity contribution in [2.45, 2.75) is 33.1 Å². The van der Waals surface area contributed by atoms with E-state index in [4.69, 9.17) is 0 Å². The molecule has 0 saturated heterocycles. The van der Waals surface area contributed by atoms with Gasteiger partial charge in [-0.05, 0) is 38.0 Å². The molecule has 0 radical (unpaired) electrons. The van der Waals surface area contributed by atoms with Crippen LogP contribution in [0.5, 0.6) is 0 Å². The van der Waals surface area contributed by atoms with Gasteiger partial charge >= 0.3 is 0 Å². The Hall–Kier alpha value is -2.01. The maximum Gasteiger partial charge on any atom is 0.170 e. The quantitative estimate of drug-likeness (QED) is 0.497. The lowest BCUT2D eigenvalue weighted by molar-refractivity contribution is -0.123. The van der Waals surface area contributed by atoms with E-state index in [1.54, 1.807) is 17.4 Å². The molecular formula is C16H15NO3S. The molecule has 2 aromatic rings. The summed E-state index contributed by atoms with van der Waals surface area (Å²) in [6, 6.07) is 3.63. The normalized spacial score (nSPS) is 15.8. The van der Waals surface area contributed by atoms with Crippen LogP contribution in [0.1, 0.15) is 35.4 Å². The number of nitrogens with zero attached hydrogens (tertiary/aromatic N) is 1. The molecule has 4 nitrogen and oxygen atoms in total. The van der Waals surface area contributed by atoms with Crippen LogP contribution in [0.2, 0.25) is 0 Å². The Kier molecular flexibility index (Phi) is 3.37. The second-order valence-corrected chi connectivity index (χ2v) is 6.48. The minimum atomic E-state index is -0.266. The fourth-order valence-electron chi connectivity index (χ4n) is 2.71. The van der Waals surface area contributed by atoms with Gasteiger partial charge in [0.25, 0.3) is 0 Å². The predicted octanol–water partition coefficient (Wildman–Crippen LogP) is 3.50. The molecule has 1 saturated carbocycles. The Balaban J connectivity index is 2.21. The van der Waals surface area contributed by atoms with Gasteiger partial charge in [0.2, 0.25) is 0 Å². The Morgan fingerprint density at radius 1 is 1.19 bits per heavy atom. The lowest BCUT2D eigenvalue weighted by Gasteiger charge is -2.15. The van der Waals surface area contributed by atoms with Crippen molar-refractivity contribution in [1.29, 1.82) is 0 Å². The van der Waals surface area contributed by atoms with E-state index >= 15 is 0 Å². The summed E-state index contributed by atoms with van der Waals surface area (Å²) in [5.41, 5.74) is 2.09. The molecule has 1 aliphatic rings. The van der Waals surface area contributed by atoms with E-state index in [1.165, 1.54) is 0 Å². The molecule has 3 rings (SSSR count). The number of carbonyl (C=O) groups excluding carboxylic acids is 2. The number of aliphatic hydroxyl groups is 1. The highest BCUT2D eigenvalue weighted by atomic mass is 32.1. The molecule has 0 unspecified atom stereocenters. The number of ketones is 2. The third kappa shape index (κ3) is 2.27. The summed E-state index contributed by atoms with van der Waals surface area (Å²) < 4.78 is 1.04. The summed E-state index contributed by atoms with van der Waals surface area (Å²) in [5, 5.41) is 11.4. The van der Waals surface area contributed by atoms with Gasteiger partial charge in [-0.2, -0.15) is 0 Å². The van der Waals surface area contributed by atoms with Crippen LogP contribution in [0.25, 0.3) is 16.0 Å². The maximum absolute atomic E-state index is 11.9. The molecule has 0 bridgehead atoms. The monoisotopic (exact) mass is 301 g/mol. The molecule has 21 heavy (non-hydrogen) atoms. The number of fused-ring (bicyclic) bond motifs is 1. The van der Waals surface area contributed by atoms with Crippen LogP contribution in [-0.2, 0) is 9.59 Å². The SMILES string of the molecule is Cc1nc2c(C)c(C(O)=C3C(=O)CCCC3=O)ccc2s1. The zero-order chi connectivity index (χ0) is 15.1. The number of rotatable bonds is 1. The summed E-state index contributed by atoms with van der Waals surface area (Å²) in [5.74, 6) is -0.731. The number of aryl methyl sites for hydroxylation is 2. The van der Waals surface area contributed by atoms with Crippen molar-refractivity contribution in [1.82, 2.24) is 4.98 Å². The third-order valence-electron chi connectivity index (χ3n) is 3.78. The van der Waals surface area contributed by atoms with Crippen molar-refractivity contribution in [3.63, 3.8) is 0 Å². The summed E-state index contributed by atoms with van der Waals surface area (Å²) >= 11 is 1.58. The van der Waals surface area contributed by atoms with Crippen molar-refractivity contribution in [3.05, 3.63) is 33.8 Å². The molecule has 1 fully saturated rings. The average Bonchev–Trinajstić information content (AvgIpc) is 2.80. The fourth-order valence-corrected chi connectivity index (χ4v) is 3.59. The first-order chi connectivity index (χ1) is 9.99. The molecule has 108 valence electrons. The highest BCUT2D eigenvalue weighted by molar-refractivity contribution is 7.18. The number of thiazole rings is 1. The lowest BCUT2D eigenvalue weighted by atomic mass is 9.89. The second-order valence-electron chi connectivity index (χ2n) is 5.24. The van der Waals surface area contributed by atoms with Crippen molar-refractivity contribution >= 4 is 38.9 Å². The van der Waals surface area contributed by atoms with Crippen LogP contribution < -0.4 is 0 Å². The van der Waals surface area contributed by atoms with E-state index in [0.717, 1.165) is 20.8 Å². The topological polar surface area (TPSA) is 67.3 Å². The molecule has 1 aromatic carbocycles. The van der Waals surface area contributed by atoms with E-state index < -0.39 is 0 Å². The number of benzene rings is 1. The first-order valence-corrected chi connectivity index (χ1v) is 7.67. The Morgan fingerprint density at radius 3 is 2.52 bits per heavy atom. The van der Waals surface area contributed by atoms with Gasteiger partial charge in [-0.3, -0.25) is 9.59 Å². The predicted molar refractivity (Wildman–Crippen MR) is 82.5 cm³/mol. The zero-order valence-electron chi connectivity index (χ0n) is 11.9. The molecule has 1 aromatic heterocycles. The highest BCUT2D eigenvalue weighted by Crippen LogP contribution is 2.32. The summed E-state index contributed by atoms with van der Waals surface area (Å²) in [6.07, 6.45) is 1.21. The number of Topliss-reactive ketones (excluding diaryl/α,β-unsaturated/α-hetero) is 2. The second kappa shape index (κ2) is 5.07. The molecule has 0 amide bonds. The van der Waals surface area contributed by atoms with Gasteiger partial charge in [0.05, 0.1) is 15.2 Å².